The normalized spacial score (nSPS) is 33.0. The van der Waals surface area contributed by atoms with E-state index < -0.39 is 5.60 Å². The number of hydrogen-bond acceptors (Lipinski definition) is 2. The fourth-order valence-electron chi connectivity index (χ4n) is 2.62. The molecule has 1 unspecified atom stereocenters. The van der Waals surface area contributed by atoms with Gasteiger partial charge in [0.15, 0.2) is 0 Å². The zero-order valence-electron chi connectivity index (χ0n) is 7.88. The van der Waals surface area contributed by atoms with Crippen molar-refractivity contribution in [3.8, 4) is 0 Å². The minimum atomic E-state index is -0.682. The van der Waals surface area contributed by atoms with Gasteiger partial charge in [-0.1, -0.05) is 19.3 Å². The number of carbonyl (C=O) groups excluding carboxylic acids is 1. The molecule has 1 saturated heterocycles. The topological polar surface area (TPSA) is 49.3 Å². The van der Waals surface area contributed by atoms with Crippen molar-refractivity contribution < 1.29 is 9.90 Å². The van der Waals surface area contributed by atoms with Crippen LogP contribution in [-0.4, -0.2) is 23.2 Å². The first-order valence-electron chi connectivity index (χ1n) is 5.22. The summed E-state index contributed by atoms with van der Waals surface area (Å²) in [6.45, 7) is 0.742. The van der Waals surface area contributed by atoms with E-state index in [1.165, 1.54) is 6.42 Å². The maximum Gasteiger partial charge on any atom is 0.226 e. The van der Waals surface area contributed by atoms with Crippen molar-refractivity contribution in [2.75, 3.05) is 6.54 Å². The van der Waals surface area contributed by atoms with Gasteiger partial charge in [-0.15, -0.1) is 0 Å². The summed E-state index contributed by atoms with van der Waals surface area (Å²) in [4.78, 5) is 11.4. The summed E-state index contributed by atoms with van der Waals surface area (Å²) < 4.78 is 0. The van der Waals surface area contributed by atoms with E-state index in [1.807, 2.05) is 0 Å². The molecule has 2 rings (SSSR count). The molecular weight excluding hydrogens is 166 g/mol. The molecule has 1 heterocycles. The maximum atomic E-state index is 11.4. The van der Waals surface area contributed by atoms with Crippen LogP contribution in [0.3, 0.4) is 0 Å². The summed E-state index contributed by atoms with van der Waals surface area (Å²) in [6.07, 6.45) is 5.78. The molecule has 0 bridgehead atoms. The first kappa shape index (κ1) is 9.00. The van der Waals surface area contributed by atoms with Crippen LogP contribution in [0.1, 0.15) is 38.5 Å². The molecule has 3 nitrogen and oxygen atoms in total. The second-order valence-electron chi connectivity index (χ2n) is 4.30. The summed E-state index contributed by atoms with van der Waals surface area (Å²) in [5.41, 5.74) is -0.682. The van der Waals surface area contributed by atoms with Gasteiger partial charge in [0, 0.05) is 6.54 Å². The van der Waals surface area contributed by atoms with E-state index in [9.17, 15) is 9.90 Å². The Balaban J connectivity index is 2.07. The van der Waals surface area contributed by atoms with E-state index in [-0.39, 0.29) is 11.8 Å². The summed E-state index contributed by atoms with van der Waals surface area (Å²) in [6, 6.07) is 0. The Bertz CT molecular complexity index is 209. The second-order valence-corrected chi connectivity index (χ2v) is 4.30. The second kappa shape index (κ2) is 3.29. The Kier molecular flexibility index (Phi) is 2.28. The van der Waals surface area contributed by atoms with Crippen LogP contribution >= 0.6 is 0 Å². The molecule has 0 radical (unpaired) electrons. The summed E-state index contributed by atoms with van der Waals surface area (Å²) in [5.74, 6) is -0.0720. The molecule has 2 aliphatic rings. The molecule has 1 atom stereocenters. The Labute approximate surface area is 78.5 Å². The molecule has 0 aromatic rings. The standard InChI is InChI=1S/C10H17NO2/c12-9-8(4-7-11-9)10(13)5-2-1-3-6-10/h8,13H,1-7H2,(H,11,12). The Morgan fingerprint density at radius 1 is 1.31 bits per heavy atom. The molecule has 1 aliphatic carbocycles. The van der Waals surface area contributed by atoms with Crippen molar-refractivity contribution in [2.45, 2.75) is 44.1 Å². The molecule has 74 valence electrons. The first-order chi connectivity index (χ1) is 6.22. The third kappa shape index (κ3) is 1.57. The van der Waals surface area contributed by atoms with Crippen LogP contribution in [0.4, 0.5) is 0 Å². The highest BCUT2D eigenvalue weighted by Gasteiger charge is 2.43. The van der Waals surface area contributed by atoms with Crippen LogP contribution in [0.5, 0.6) is 0 Å². The molecule has 2 N–H and O–H groups in total. The molecule has 1 saturated carbocycles. The largest absolute Gasteiger partial charge is 0.389 e. The third-order valence-electron chi connectivity index (χ3n) is 3.42. The SMILES string of the molecule is O=C1NCCC1C1(O)CCCCC1. The third-order valence-corrected chi connectivity index (χ3v) is 3.42. The molecule has 0 spiro atoms. The van der Waals surface area contributed by atoms with E-state index in [1.54, 1.807) is 0 Å². The smallest absolute Gasteiger partial charge is 0.226 e. The van der Waals surface area contributed by atoms with Crippen molar-refractivity contribution in [3.63, 3.8) is 0 Å². The Hall–Kier alpha value is -0.570. The van der Waals surface area contributed by atoms with Gasteiger partial charge in [0.1, 0.15) is 0 Å². The maximum absolute atomic E-state index is 11.4. The minimum Gasteiger partial charge on any atom is -0.389 e. The Morgan fingerprint density at radius 2 is 2.00 bits per heavy atom. The fourth-order valence-corrected chi connectivity index (χ4v) is 2.62. The minimum absolute atomic E-state index is 0.0596. The number of nitrogens with one attached hydrogen (secondary N) is 1. The van der Waals surface area contributed by atoms with Gasteiger partial charge in [0.05, 0.1) is 11.5 Å². The lowest BCUT2D eigenvalue weighted by atomic mass is 9.75. The molecule has 2 fully saturated rings. The predicted octanol–water partition coefficient (Wildman–Crippen LogP) is 0.818. The number of aliphatic hydroxyl groups is 1. The molecule has 13 heavy (non-hydrogen) atoms. The van der Waals surface area contributed by atoms with Crippen molar-refractivity contribution >= 4 is 5.91 Å². The lowest BCUT2D eigenvalue weighted by molar-refractivity contribution is -0.133. The average Bonchev–Trinajstić information content (AvgIpc) is 2.53. The number of hydrogen-bond donors (Lipinski definition) is 2. The average molecular weight is 183 g/mol. The van der Waals surface area contributed by atoms with Crippen molar-refractivity contribution in [1.29, 1.82) is 0 Å². The van der Waals surface area contributed by atoms with Gasteiger partial charge in [-0.05, 0) is 19.3 Å². The van der Waals surface area contributed by atoms with Crippen LogP contribution in [0.25, 0.3) is 0 Å². The molecule has 3 heteroatoms. The predicted molar refractivity (Wildman–Crippen MR) is 49.2 cm³/mol. The quantitative estimate of drug-likeness (QED) is 0.632. The molecule has 0 aromatic carbocycles. The van der Waals surface area contributed by atoms with Gasteiger partial charge >= 0.3 is 0 Å². The lowest BCUT2D eigenvalue weighted by Gasteiger charge is -2.35. The van der Waals surface area contributed by atoms with E-state index in [4.69, 9.17) is 0 Å². The summed E-state index contributed by atoms with van der Waals surface area (Å²) >= 11 is 0. The van der Waals surface area contributed by atoms with Gasteiger partial charge in [0.25, 0.3) is 0 Å². The van der Waals surface area contributed by atoms with Gasteiger partial charge in [-0.25, -0.2) is 0 Å². The van der Waals surface area contributed by atoms with Crippen molar-refractivity contribution in [1.82, 2.24) is 5.32 Å². The van der Waals surface area contributed by atoms with Crippen molar-refractivity contribution in [3.05, 3.63) is 0 Å². The van der Waals surface area contributed by atoms with E-state index >= 15 is 0 Å². The Morgan fingerprint density at radius 3 is 2.54 bits per heavy atom. The number of carbonyl (C=O) groups is 1. The van der Waals surface area contributed by atoms with Gasteiger partial charge in [-0.2, -0.15) is 0 Å². The summed E-state index contributed by atoms with van der Waals surface area (Å²) in [7, 11) is 0. The fraction of sp³-hybridized carbons (Fsp3) is 0.900. The molecule has 1 aliphatic heterocycles. The van der Waals surface area contributed by atoms with Crippen LogP contribution < -0.4 is 5.32 Å². The van der Waals surface area contributed by atoms with Gasteiger partial charge in [0.2, 0.25) is 5.91 Å². The summed E-state index contributed by atoms with van der Waals surface area (Å²) in [5, 5.41) is 13.1. The highest BCUT2D eigenvalue weighted by atomic mass is 16.3. The first-order valence-corrected chi connectivity index (χ1v) is 5.22. The van der Waals surface area contributed by atoms with Crippen LogP contribution in [-0.2, 0) is 4.79 Å². The lowest BCUT2D eigenvalue weighted by Crippen LogP contribution is -2.43. The van der Waals surface area contributed by atoms with E-state index in [2.05, 4.69) is 5.32 Å². The zero-order chi connectivity index (χ0) is 9.31. The van der Waals surface area contributed by atoms with E-state index in [0.717, 1.165) is 38.6 Å². The molecular formula is C10H17NO2. The highest BCUT2D eigenvalue weighted by Crippen LogP contribution is 2.37. The van der Waals surface area contributed by atoms with Gasteiger partial charge < -0.3 is 10.4 Å². The van der Waals surface area contributed by atoms with Gasteiger partial charge in [-0.3, -0.25) is 4.79 Å². The molecule has 1 amide bonds. The van der Waals surface area contributed by atoms with Crippen molar-refractivity contribution in [2.24, 2.45) is 5.92 Å². The number of rotatable bonds is 1. The van der Waals surface area contributed by atoms with Crippen LogP contribution in [0.15, 0.2) is 0 Å². The van der Waals surface area contributed by atoms with E-state index in [0.29, 0.717) is 0 Å². The monoisotopic (exact) mass is 183 g/mol. The highest BCUT2D eigenvalue weighted by molar-refractivity contribution is 5.81. The van der Waals surface area contributed by atoms with Crippen LogP contribution in [0.2, 0.25) is 0 Å². The van der Waals surface area contributed by atoms with Crippen LogP contribution in [0, 0.1) is 5.92 Å². The number of amides is 1. The molecule has 0 aromatic heterocycles. The zero-order valence-corrected chi connectivity index (χ0v) is 7.88.